The van der Waals surface area contributed by atoms with Crippen LogP contribution in [0.4, 0.5) is 0 Å². The average molecular weight is 236 g/mol. The highest BCUT2D eigenvalue weighted by Crippen LogP contribution is 2.30. The molecule has 96 valence electrons. The Kier molecular flexibility index (Phi) is 3.89. The summed E-state index contributed by atoms with van der Waals surface area (Å²) < 4.78 is 5.74. The van der Waals surface area contributed by atoms with Gasteiger partial charge in [-0.1, -0.05) is 0 Å². The van der Waals surface area contributed by atoms with Crippen molar-refractivity contribution in [3.05, 3.63) is 23.7 Å². The van der Waals surface area contributed by atoms with E-state index in [4.69, 9.17) is 10.2 Å². The normalized spacial score (nSPS) is 28.2. The maximum absolute atomic E-state index is 5.80. The highest BCUT2D eigenvalue weighted by atomic mass is 16.3. The molecule has 0 amide bonds. The van der Waals surface area contributed by atoms with Crippen LogP contribution in [-0.2, 0) is 0 Å². The standard InChI is InChI=1S/C14H24N2O/c1-10-4-6-13(8-15)9-16(10)12(3)14-7-5-11(2)17-14/h5,7,10,12-13H,4,6,8-9,15H2,1-3H3. The molecule has 1 saturated heterocycles. The molecule has 0 spiro atoms. The van der Waals surface area contributed by atoms with Crippen LogP contribution >= 0.6 is 0 Å². The highest BCUT2D eigenvalue weighted by molar-refractivity contribution is 5.09. The van der Waals surface area contributed by atoms with Crippen LogP contribution in [0.1, 0.15) is 44.3 Å². The Morgan fingerprint density at radius 3 is 2.82 bits per heavy atom. The van der Waals surface area contributed by atoms with E-state index in [0.717, 1.165) is 24.6 Å². The zero-order chi connectivity index (χ0) is 12.4. The molecular weight excluding hydrogens is 212 g/mol. The molecule has 2 rings (SSSR count). The number of likely N-dealkylation sites (tertiary alicyclic amines) is 1. The van der Waals surface area contributed by atoms with E-state index in [-0.39, 0.29) is 0 Å². The Morgan fingerprint density at radius 1 is 1.47 bits per heavy atom. The molecule has 0 bridgehead atoms. The molecule has 1 aliphatic rings. The van der Waals surface area contributed by atoms with Gasteiger partial charge in [-0.2, -0.15) is 0 Å². The first-order valence-corrected chi connectivity index (χ1v) is 6.64. The summed E-state index contributed by atoms with van der Waals surface area (Å²) in [7, 11) is 0. The first kappa shape index (κ1) is 12.7. The van der Waals surface area contributed by atoms with Gasteiger partial charge in [0.15, 0.2) is 0 Å². The Morgan fingerprint density at radius 2 is 2.24 bits per heavy atom. The maximum atomic E-state index is 5.80. The molecule has 1 aromatic heterocycles. The van der Waals surface area contributed by atoms with Gasteiger partial charge in [-0.05, 0) is 58.2 Å². The van der Waals surface area contributed by atoms with Gasteiger partial charge in [-0.15, -0.1) is 0 Å². The number of nitrogens with zero attached hydrogens (tertiary/aromatic N) is 1. The summed E-state index contributed by atoms with van der Waals surface area (Å²) >= 11 is 0. The van der Waals surface area contributed by atoms with Gasteiger partial charge < -0.3 is 10.2 Å². The summed E-state index contributed by atoms with van der Waals surface area (Å²) in [6.07, 6.45) is 2.50. The Hall–Kier alpha value is -0.800. The van der Waals surface area contributed by atoms with Gasteiger partial charge in [-0.25, -0.2) is 0 Å². The van der Waals surface area contributed by atoms with Crippen LogP contribution in [-0.4, -0.2) is 24.0 Å². The molecule has 1 aromatic rings. The van der Waals surface area contributed by atoms with Crippen molar-refractivity contribution in [2.24, 2.45) is 11.7 Å². The SMILES string of the molecule is Cc1ccc(C(C)N2CC(CN)CCC2C)o1. The van der Waals surface area contributed by atoms with Crippen LogP contribution in [0.15, 0.2) is 16.5 Å². The third kappa shape index (κ3) is 2.72. The average Bonchev–Trinajstić information content (AvgIpc) is 2.76. The fraction of sp³-hybridized carbons (Fsp3) is 0.714. The van der Waals surface area contributed by atoms with E-state index in [1.165, 1.54) is 12.8 Å². The highest BCUT2D eigenvalue weighted by Gasteiger charge is 2.29. The van der Waals surface area contributed by atoms with Crippen LogP contribution in [0, 0.1) is 12.8 Å². The van der Waals surface area contributed by atoms with Crippen LogP contribution in [0.25, 0.3) is 0 Å². The van der Waals surface area contributed by atoms with Crippen molar-refractivity contribution in [1.82, 2.24) is 4.90 Å². The molecule has 2 heterocycles. The number of aryl methyl sites for hydroxylation is 1. The Bertz CT molecular complexity index is 361. The number of hydrogen-bond donors (Lipinski definition) is 1. The van der Waals surface area contributed by atoms with Crippen molar-refractivity contribution in [1.29, 1.82) is 0 Å². The summed E-state index contributed by atoms with van der Waals surface area (Å²) in [6.45, 7) is 8.43. The van der Waals surface area contributed by atoms with Crippen molar-refractivity contribution in [2.75, 3.05) is 13.1 Å². The van der Waals surface area contributed by atoms with E-state index in [9.17, 15) is 0 Å². The second-order valence-corrected chi connectivity index (χ2v) is 5.35. The van der Waals surface area contributed by atoms with Crippen LogP contribution in [0.3, 0.4) is 0 Å². The zero-order valence-corrected chi connectivity index (χ0v) is 11.1. The van der Waals surface area contributed by atoms with Crippen LogP contribution in [0.5, 0.6) is 0 Å². The van der Waals surface area contributed by atoms with E-state index < -0.39 is 0 Å². The lowest BCUT2D eigenvalue weighted by Crippen LogP contribution is -2.44. The summed E-state index contributed by atoms with van der Waals surface area (Å²) in [5.41, 5.74) is 5.80. The quantitative estimate of drug-likeness (QED) is 0.877. The maximum Gasteiger partial charge on any atom is 0.121 e. The first-order chi connectivity index (χ1) is 8.11. The second-order valence-electron chi connectivity index (χ2n) is 5.35. The van der Waals surface area contributed by atoms with E-state index in [1.54, 1.807) is 0 Å². The van der Waals surface area contributed by atoms with E-state index >= 15 is 0 Å². The van der Waals surface area contributed by atoms with Gasteiger partial charge in [-0.3, -0.25) is 4.90 Å². The second kappa shape index (κ2) is 5.23. The van der Waals surface area contributed by atoms with Crippen molar-refractivity contribution in [2.45, 2.75) is 45.7 Å². The van der Waals surface area contributed by atoms with E-state index in [1.807, 2.05) is 13.0 Å². The minimum Gasteiger partial charge on any atom is -0.465 e. The predicted octanol–water partition coefficient (Wildman–Crippen LogP) is 2.71. The fourth-order valence-corrected chi connectivity index (χ4v) is 2.79. The lowest BCUT2D eigenvalue weighted by Gasteiger charge is -2.40. The number of nitrogens with two attached hydrogens (primary N) is 1. The zero-order valence-electron chi connectivity index (χ0n) is 11.1. The van der Waals surface area contributed by atoms with Gasteiger partial charge in [0.25, 0.3) is 0 Å². The van der Waals surface area contributed by atoms with Gasteiger partial charge >= 0.3 is 0 Å². The Labute approximate surface area is 104 Å². The molecule has 3 nitrogen and oxygen atoms in total. The first-order valence-electron chi connectivity index (χ1n) is 6.64. The third-order valence-electron chi connectivity index (χ3n) is 4.03. The van der Waals surface area contributed by atoms with E-state index in [0.29, 0.717) is 18.0 Å². The minimum atomic E-state index is 0.355. The molecule has 2 N–H and O–H groups in total. The fourth-order valence-electron chi connectivity index (χ4n) is 2.79. The van der Waals surface area contributed by atoms with Crippen LogP contribution in [0.2, 0.25) is 0 Å². The van der Waals surface area contributed by atoms with Crippen molar-refractivity contribution in [3.63, 3.8) is 0 Å². The lowest BCUT2D eigenvalue weighted by atomic mass is 9.92. The topological polar surface area (TPSA) is 42.4 Å². The van der Waals surface area contributed by atoms with Crippen molar-refractivity contribution in [3.8, 4) is 0 Å². The molecule has 17 heavy (non-hydrogen) atoms. The lowest BCUT2D eigenvalue weighted by molar-refractivity contribution is 0.0710. The van der Waals surface area contributed by atoms with E-state index in [2.05, 4.69) is 24.8 Å². The molecule has 0 aliphatic carbocycles. The number of rotatable bonds is 3. The summed E-state index contributed by atoms with van der Waals surface area (Å²) in [4.78, 5) is 2.53. The third-order valence-corrected chi connectivity index (χ3v) is 4.03. The summed E-state index contributed by atoms with van der Waals surface area (Å²) in [5.74, 6) is 2.71. The number of piperidine rings is 1. The van der Waals surface area contributed by atoms with Crippen LogP contribution < -0.4 is 5.73 Å². The molecule has 0 aromatic carbocycles. The summed E-state index contributed by atoms with van der Waals surface area (Å²) in [5, 5.41) is 0. The van der Waals surface area contributed by atoms with Gasteiger partial charge in [0.2, 0.25) is 0 Å². The molecule has 3 heteroatoms. The van der Waals surface area contributed by atoms with Crippen molar-refractivity contribution >= 4 is 0 Å². The molecule has 0 radical (unpaired) electrons. The van der Waals surface area contributed by atoms with Gasteiger partial charge in [0.05, 0.1) is 6.04 Å². The summed E-state index contributed by atoms with van der Waals surface area (Å²) in [6, 6.07) is 5.12. The number of furan rings is 1. The monoisotopic (exact) mass is 236 g/mol. The molecule has 3 atom stereocenters. The molecule has 1 aliphatic heterocycles. The smallest absolute Gasteiger partial charge is 0.121 e. The largest absolute Gasteiger partial charge is 0.465 e. The molecular formula is C14H24N2O. The Balaban J connectivity index is 2.09. The molecule has 0 saturated carbocycles. The van der Waals surface area contributed by atoms with Gasteiger partial charge in [0.1, 0.15) is 11.5 Å². The number of hydrogen-bond acceptors (Lipinski definition) is 3. The molecule has 1 fully saturated rings. The predicted molar refractivity (Wildman–Crippen MR) is 69.8 cm³/mol. The van der Waals surface area contributed by atoms with Gasteiger partial charge in [0, 0.05) is 12.6 Å². The molecule has 3 unspecified atom stereocenters. The minimum absolute atomic E-state index is 0.355. The van der Waals surface area contributed by atoms with Crippen molar-refractivity contribution < 1.29 is 4.42 Å².